The average molecular weight is 355 g/mol. The molecule has 2 N–H and O–H groups in total. The van der Waals surface area contributed by atoms with Gasteiger partial charge in [-0.15, -0.1) is 0 Å². The van der Waals surface area contributed by atoms with E-state index < -0.39 is 11.8 Å². The Balaban J connectivity index is 1.71. The van der Waals surface area contributed by atoms with Crippen LogP contribution < -0.4 is 10.9 Å². The summed E-state index contributed by atoms with van der Waals surface area (Å²) in [4.78, 5) is 24.4. The van der Waals surface area contributed by atoms with Gasteiger partial charge in [0.2, 0.25) is 0 Å². The van der Waals surface area contributed by atoms with Gasteiger partial charge in [-0.25, -0.2) is 4.68 Å². The van der Waals surface area contributed by atoms with Crippen LogP contribution >= 0.6 is 11.6 Å². The van der Waals surface area contributed by atoms with Crippen molar-refractivity contribution in [2.45, 2.75) is 6.92 Å². The zero-order valence-corrected chi connectivity index (χ0v) is 14.1. The number of halogens is 1. The fourth-order valence-corrected chi connectivity index (χ4v) is 2.58. The van der Waals surface area contributed by atoms with Crippen LogP contribution in [-0.2, 0) is 0 Å². The summed E-state index contributed by atoms with van der Waals surface area (Å²) < 4.78 is 1.66. The van der Waals surface area contributed by atoms with E-state index in [0.29, 0.717) is 16.3 Å². The Kier molecular flexibility index (Phi) is 4.81. The third-order valence-corrected chi connectivity index (χ3v) is 3.99. The molecule has 0 aliphatic rings. The molecule has 0 radical (unpaired) electrons. The fourth-order valence-electron chi connectivity index (χ4n) is 2.36. The standard InChI is InChI=1S/C18H15ClN4O2/c1-12-15(11-20-23(12)13-7-3-2-4-8-13)18(25)22-21-17(24)14-9-5-6-10-16(14)19/h2-11H,1H3,(H,21,24)(H,22,25). The number of nitrogens with one attached hydrogen (secondary N) is 2. The average Bonchev–Trinajstić information content (AvgIpc) is 3.02. The van der Waals surface area contributed by atoms with E-state index in [0.717, 1.165) is 5.69 Å². The van der Waals surface area contributed by atoms with Crippen molar-refractivity contribution in [3.8, 4) is 5.69 Å². The molecule has 0 aliphatic heterocycles. The molecule has 1 aromatic heterocycles. The first-order valence-electron chi connectivity index (χ1n) is 7.53. The predicted molar refractivity (Wildman–Crippen MR) is 94.7 cm³/mol. The first kappa shape index (κ1) is 16.7. The maximum atomic E-state index is 12.3. The lowest BCUT2D eigenvalue weighted by Gasteiger charge is -2.08. The van der Waals surface area contributed by atoms with Gasteiger partial charge in [0.05, 0.1) is 33.7 Å². The number of hydrogen-bond donors (Lipinski definition) is 2. The first-order chi connectivity index (χ1) is 12.1. The van der Waals surface area contributed by atoms with E-state index in [4.69, 9.17) is 11.6 Å². The Labute approximate surface area is 149 Å². The number of amides is 2. The molecule has 0 atom stereocenters. The van der Waals surface area contributed by atoms with E-state index in [1.54, 1.807) is 35.9 Å². The van der Waals surface area contributed by atoms with Gasteiger partial charge in [-0.05, 0) is 31.2 Å². The van der Waals surface area contributed by atoms with E-state index >= 15 is 0 Å². The van der Waals surface area contributed by atoms with Crippen LogP contribution in [0.5, 0.6) is 0 Å². The highest BCUT2D eigenvalue weighted by atomic mass is 35.5. The fraction of sp³-hybridized carbons (Fsp3) is 0.0556. The van der Waals surface area contributed by atoms with Crippen LogP contribution in [0.1, 0.15) is 26.4 Å². The smallest absolute Gasteiger partial charge is 0.267 e. The largest absolute Gasteiger partial charge is 0.273 e. The van der Waals surface area contributed by atoms with Crippen LogP contribution in [0.4, 0.5) is 0 Å². The third kappa shape index (κ3) is 3.54. The number of para-hydroxylation sites is 1. The van der Waals surface area contributed by atoms with Crippen LogP contribution in [0, 0.1) is 6.92 Å². The lowest BCUT2D eigenvalue weighted by molar-refractivity contribution is 0.0846. The second kappa shape index (κ2) is 7.19. The number of carbonyl (C=O) groups excluding carboxylic acids is 2. The lowest BCUT2D eigenvalue weighted by atomic mass is 10.2. The van der Waals surface area contributed by atoms with Gasteiger partial charge in [-0.1, -0.05) is 41.9 Å². The topological polar surface area (TPSA) is 76.0 Å². The predicted octanol–water partition coefficient (Wildman–Crippen LogP) is 2.91. The second-order valence-electron chi connectivity index (χ2n) is 5.28. The number of rotatable bonds is 3. The van der Waals surface area contributed by atoms with Crippen LogP contribution in [-0.4, -0.2) is 21.6 Å². The molecule has 0 spiro atoms. The molecule has 0 fully saturated rings. The van der Waals surface area contributed by atoms with Crippen LogP contribution in [0.2, 0.25) is 5.02 Å². The molecular formula is C18H15ClN4O2. The highest BCUT2D eigenvalue weighted by Crippen LogP contribution is 2.15. The Bertz CT molecular complexity index is 922. The second-order valence-corrected chi connectivity index (χ2v) is 5.69. The van der Waals surface area contributed by atoms with Gasteiger partial charge in [0.25, 0.3) is 11.8 Å². The third-order valence-electron chi connectivity index (χ3n) is 3.66. The summed E-state index contributed by atoms with van der Waals surface area (Å²) in [6.45, 7) is 1.78. The molecule has 2 amide bonds. The molecule has 25 heavy (non-hydrogen) atoms. The number of aromatic nitrogens is 2. The minimum Gasteiger partial charge on any atom is -0.267 e. The number of nitrogens with zero attached hydrogens (tertiary/aromatic N) is 2. The maximum Gasteiger partial charge on any atom is 0.273 e. The van der Waals surface area contributed by atoms with Gasteiger partial charge in [0.15, 0.2) is 0 Å². The van der Waals surface area contributed by atoms with E-state index in [-0.39, 0.29) is 5.56 Å². The molecule has 0 saturated carbocycles. The molecular weight excluding hydrogens is 340 g/mol. The summed E-state index contributed by atoms with van der Waals surface area (Å²) in [6.07, 6.45) is 1.46. The maximum absolute atomic E-state index is 12.3. The van der Waals surface area contributed by atoms with Crippen molar-refractivity contribution in [3.05, 3.63) is 82.6 Å². The van der Waals surface area contributed by atoms with Crippen molar-refractivity contribution in [2.24, 2.45) is 0 Å². The Hall–Kier alpha value is -3.12. The van der Waals surface area contributed by atoms with Crippen molar-refractivity contribution < 1.29 is 9.59 Å². The first-order valence-corrected chi connectivity index (χ1v) is 7.91. The van der Waals surface area contributed by atoms with Gasteiger partial charge in [0, 0.05) is 0 Å². The van der Waals surface area contributed by atoms with Crippen molar-refractivity contribution in [1.29, 1.82) is 0 Å². The molecule has 3 aromatic rings. The number of carbonyl (C=O) groups is 2. The normalized spacial score (nSPS) is 10.3. The molecule has 0 unspecified atom stereocenters. The molecule has 0 saturated heterocycles. The van der Waals surface area contributed by atoms with E-state index in [9.17, 15) is 9.59 Å². The van der Waals surface area contributed by atoms with Crippen molar-refractivity contribution >= 4 is 23.4 Å². The van der Waals surface area contributed by atoms with Crippen molar-refractivity contribution in [2.75, 3.05) is 0 Å². The summed E-state index contributed by atoms with van der Waals surface area (Å²) in [5.74, 6) is -0.952. The number of hydrazine groups is 1. The minimum absolute atomic E-state index is 0.279. The monoisotopic (exact) mass is 354 g/mol. The number of benzene rings is 2. The van der Waals surface area contributed by atoms with Crippen molar-refractivity contribution in [3.63, 3.8) is 0 Å². The summed E-state index contributed by atoms with van der Waals surface area (Å²) >= 11 is 5.96. The summed E-state index contributed by atoms with van der Waals surface area (Å²) in [6, 6.07) is 16.0. The van der Waals surface area contributed by atoms with Crippen molar-refractivity contribution in [1.82, 2.24) is 20.6 Å². The van der Waals surface area contributed by atoms with Gasteiger partial charge < -0.3 is 0 Å². The van der Waals surface area contributed by atoms with Gasteiger partial charge in [-0.3, -0.25) is 20.4 Å². The van der Waals surface area contributed by atoms with Crippen LogP contribution in [0.15, 0.2) is 60.8 Å². The van der Waals surface area contributed by atoms with E-state index in [1.165, 1.54) is 6.20 Å². The summed E-state index contributed by atoms with van der Waals surface area (Å²) in [5, 5.41) is 4.54. The minimum atomic E-state index is -0.493. The summed E-state index contributed by atoms with van der Waals surface area (Å²) in [7, 11) is 0. The molecule has 0 bridgehead atoms. The zero-order valence-electron chi connectivity index (χ0n) is 13.4. The van der Waals surface area contributed by atoms with Gasteiger partial charge in [-0.2, -0.15) is 5.10 Å². The lowest BCUT2D eigenvalue weighted by Crippen LogP contribution is -2.41. The molecule has 7 heteroatoms. The Morgan fingerprint density at radius 1 is 0.920 bits per heavy atom. The quantitative estimate of drug-likeness (QED) is 0.710. The summed E-state index contributed by atoms with van der Waals surface area (Å²) in [5.41, 5.74) is 6.89. The molecule has 3 rings (SSSR count). The number of hydrogen-bond acceptors (Lipinski definition) is 3. The molecule has 0 aliphatic carbocycles. The Morgan fingerprint density at radius 2 is 1.52 bits per heavy atom. The molecule has 126 valence electrons. The van der Waals surface area contributed by atoms with Crippen LogP contribution in [0.3, 0.4) is 0 Å². The van der Waals surface area contributed by atoms with Gasteiger partial charge >= 0.3 is 0 Å². The van der Waals surface area contributed by atoms with E-state index in [2.05, 4.69) is 16.0 Å². The zero-order chi connectivity index (χ0) is 17.8. The SMILES string of the molecule is Cc1c(C(=O)NNC(=O)c2ccccc2Cl)cnn1-c1ccccc1. The van der Waals surface area contributed by atoms with Gasteiger partial charge in [0.1, 0.15) is 0 Å². The molecule has 6 nitrogen and oxygen atoms in total. The highest BCUT2D eigenvalue weighted by Gasteiger charge is 2.16. The Morgan fingerprint density at radius 3 is 2.20 bits per heavy atom. The molecule has 1 heterocycles. The molecule has 2 aromatic carbocycles. The van der Waals surface area contributed by atoms with E-state index in [1.807, 2.05) is 30.3 Å². The highest BCUT2D eigenvalue weighted by molar-refractivity contribution is 6.33. The van der Waals surface area contributed by atoms with Crippen LogP contribution in [0.25, 0.3) is 5.69 Å².